The highest BCUT2D eigenvalue weighted by Gasteiger charge is 2.08. The lowest BCUT2D eigenvalue weighted by atomic mass is 10.2. The minimum atomic E-state index is -0.0813. The molecule has 0 bridgehead atoms. The Morgan fingerprint density at radius 1 is 1.20 bits per heavy atom. The number of carbonyl (C=O) groups excluding carboxylic acids is 1. The van der Waals surface area contributed by atoms with Gasteiger partial charge in [0.15, 0.2) is 5.11 Å². The van der Waals surface area contributed by atoms with Gasteiger partial charge in [0.2, 0.25) is 5.91 Å². The molecule has 0 fully saturated rings. The standard InChI is InChI=1S/C15H22N2O2S/c1-10(2)14(18)17-15(20)16-9-12-5-7-13(8-6-12)19-11(3)4/h5-8,10-11H,9H2,1-4H3,(H2,16,17,18,20). The predicted molar refractivity (Wildman–Crippen MR) is 84.6 cm³/mol. The molecule has 5 heteroatoms. The highest BCUT2D eigenvalue weighted by atomic mass is 32.1. The normalized spacial score (nSPS) is 10.5. The summed E-state index contributed by atoms with van der Waals surface area (Å²) in [6.45, 7) is 8.20. The Kier molecular flexibility index (Phi) is 6.45. The molecule has 0 unspecified atom stereocenters. The van der Waals surface area contributed by atoms with Crippen LogP contribution in [0.3, 0.4) is 0 Å². The molecule has 0 aliphatic rings. The molecule has 1 aromatic rings. The third kappa shape index (κ3) is 6.02. The second-order valence-electron chi connectivity index (χ2n) is 5.14. The van der Waals surface area contributed by atoms with Gasteiger partial charge in [-0.15, -0.1) is 0 Å². The van der Waals surface area contributed by atoms with E-state index in [0.29, 0.717) is 11.7 Å². The van der Waals surface area contributed by atoms with E-state index in [1.807, 2.05) is 52.0 Å². The van der Waals surface area contributed by atoms with Crippen molar-refractivity contribution in [1.29, 1.82) is 0 Å². The number of hydrogen-bond acceptors (Lipinski definition) is 3. The fraction of sp³-hybridized carbons (Fsp3) is 0.467. The van der Waals surface area contributed by atoms with Crippen molar-refractivity contribution in [3.63, 3.8) is 0 Å². The molecule has 20 heavy (non-hydrogen) atoms. The average molecular weight is 294 g/mol. The number of thiocarbonyl (C=S) groups is 1. The van der Waals surface area contributed by atoms with Gasteiger partial charge in [0, 0.05) is 12.5 Å². The third-order valence-electron chi connectivity index (χ3n) is 2.51. The Balaban J connectivity index is 2.42. The van der Waals surface area contributed by atoms with Gasteiger partial charge < -0.3 is 15.4 Å². The molecule has 0 heterocycles. The van der Waals surface area contributed by atoms with E-state index in [4.69, 9.17) is 17.0 Å². The summed E-state index contributed by atoms with van der Waals surface area (Å²) in [4.78, 5) is 11.5. The van der Waals surface area contributed by atoms with Crippen LogP contribution in [0.1, 0.15) is 33.3 Å². The number of ether oxygens (including phenoxy) is 1. The Hall–Kier alpha value is -1.62. The largest absolute Gasteiger partial charge is 0.491 e. The van der Waals surface area contributed by atoms with E-state index in [0.717, 1.165) is 11.3 Å². The molecular formula is C15H22N2O2S. The van der Waals surface area contributed by atoms with E-state index in [-0.39, 0.29) is 17.9 Å². The molecule has 0 aliphatic carbocycles. The second-order valence-corrected chi connectivity index (χ2v) is 5.55. The molecule has 4 nitrogen and oxygen atoms in total. The molecule has 0 saturated heterocycles. The van der Waals surface area contributed by atoms with E-state index in [1.54, 1.807) is 0 Å². The van der Waals surface area contributed by atoms with Crippen molar-refractivity contribution in [2.24, 2.45) is 5.92 Å². The maximum Gasteiger partial charge on any atom is 0.228 e. The highest BCUT2D eigenvalue weighted by Crippen LogP contribution is 2.13. The molecule has 0 spiro atoms. The maximum absolute atomic E-state index is 11.5. The first kappa shape index (κ1) is 16.4. The van der Waals surface area contributed by atoms with Crippen LogP contribution in [0.2, 0.25) is 0 Å². The number of amides is 1. The van der Waals surface area contributed by atoms with Gasteiger partial charge in [-0.2, -0.15) is 0 Å². The Morgan fingerprint density at radius 3 is 2.30 bits per heavy atom. The van der Waals surface area contributed by atoms with Gasteiger partial charge in [-0.25, -0.2) is 0 Å². The third-order valence-corrected chi connectivity index (χ3v) is 2.76. The van der Waals surface area contributed by atoms with Gasteiger partial charge in [0.1, 0.15) is 5.75 Å². The van der Waals surface area contributed by atoms with E-state index in [1.165, 1.54) is 0 Å². The summed E-state index contributed by atoms with van der Waals surface area (Å²) in [7, 11) is 0. The highest BCUT2D eigenvalue weighted by molar-refractivity contribution is 7.80. The molecule has 1 aromatic carbocycles. The van der Waals surface area contributed by atoms with Crippen molar-refractivity contribution in [3.8, 4) is 5.75 Å². The van der Waals surface area contributed by atoms with Gasteiger partial charge in [-0.05, 0) is 43.8 Å². The van der Waals surface area contributed by atoms with Crippen molar-refractivity contribution in [3.05, 3.63) is 29.8 Å². The van der Waals surface area contributed by atoms with E-state index < -0.39 is 0 Å². The quantitative estimate of drug-likeness (QED) is 0.820. The van der Waals surface area contributed by atoms with Crippen LogP contribution < -0.4 is 15.4 Å². The molecule has 1 rings (SSSR count). The van der Waals surface area contributed by atoms with Crippen molar-refractivity contribution < 1.29 is 9.53 Å². The van der Waals surface area contributed by atoms with Crippen molar-refractivity contribution in [2.75, 3.05) is 0 Å². The summed E-state index contributed by atoms with van der Waals surface area (Å²) in [5.41, 5.74) is 1.07. The summed E-state index contributed by atoms with van der Waals surface area (Å²) in [5.74, 6) is 0.685. The summed E-state index contributed by atoms with van der Waals surface area (Å²) in [5, 5.41) is 6.00. The summed E-state index contributed by atoms with van der Waals surface area (Å²) < 4.78 is 5.57. The Labute approximate surface area is 125 Å². The molecule has 0 aromatic heterocycles. The molecule has 2 N–H and O–H groups in total. The van der Waals surface area contributed by atoms with Gasteiger partial charge in [-0.3, -0.25) is 4.79 Å². The Morgan fingerprint density at radius 2 is 1.80 bits per heavy atom. The van der Waals surface area contributed by atoms with Crippen LogP contribution in [0.5, 0.6) is 5.75 Å². The minimum absolute atomic E-state index is 0.0804. The Bertz CT molecular complexity index is 455. The van der Waals surface area contributed by atoms with E-state index in [2.05, 4.69) is 10.6 Å². The molecule has 0 radical (unpaired) electrons. The van der Waals surface area contributed by atoms with Crippen LogP contribution >= 0.6 is 12.2 Å². The number of nitrogens with one attached hydrogen (secondary N) is 2. The first-order chi connectivity index (χ1) is 9.38. The lowest BCUT2D eigenvalue weighted by Crippen LogP contribution is -2.40. The molecule has 110 valence electrons. The number of rotatable bonds is 5. The predicted octanol–water partition coefficient (Wildman–Crippen LogP) is 2.62. The second kappa shape index (κ2) is 7.85. The van der Waals surface area contributed by atoms with Gasteiger partial charge >= 0.3 is 0 Å². The van der Waals surface area contributed by atoms with E-state index >= 15 is 0 Å². The number of carbonyl (C=O) groups is 1. The topological polar surface area (TPSA) is 50.4 Å². The van der Waals surface area contributed by atoms with Gasteiger partial charge in [0.25, 0.3) is 0 Å². The molecule has 1 amide bonds. The monoisotopic (exact) mass is 294 g/mol. The van der Waals surface area contributed by atoms with Crippen molar-refractivity contribution >= 4 is 23.2 Å². The van der Waals surface area contributed by atoms with Crippen molar-refractivity contribution in [2.45, 2.75) is 40.3 Å². The number of hydrogen-bond donors (Lipinski definition) is 2. The lowest BCUT2D eigenvalue weighted by Gasteiger charge is -2.12. The van der Waals surface area contributed by atoms with E-state index in [9.17, 15) is 4.79 Å². The smallest absolute Gasteiger partial charge is 0.228 e. The maximum atomic E-state index is 11.5. The summed E-state index contributed by atoms with van der Waals surface area (Å²) in [6, 6.07) is 7.79. The van der Waals surface area contributed by atoms with Gasteiger partial charge in [-0.1, -0.05) is 26.0 Å². The van der Waals surface area contributed by atoms with Crippen LogP contribution in [0, 0.1) is 5.92 Å². The summed E-state index contributed by atoms with van der Waals surface area (Å²) in [6.07, 6.45) is 0.165. The van der Waals surface area contributed by atoms with Gasteiger partial charge in [0.05, 0.1) is 6.10 Å². The minimum Gasteiger partial charge on any atom is -0.491 e. The molecular weight excluding hydrogens is 272 g/mol. The fourth-order valence-corrected chi connectivity index (χ4v) is 1.61. The number of benzene rings is 1. The van der Waals surface area contributed by atoms with Crippen LogP contribution in [-0.2, 0) is 11.3 Å². The zero-order valence-electron chi connectivity index (χ0n) is 12.4. The van der Waals surface area contributed by atoms with Crippen LogP contribution in [0.4, 0.5) is 0 Å². The fourth-order valence-electron chi connectivity index (χ4n) is 1.44. The van der Waals surface area contributed by atoms with Crippen LogP contribution in [-0.4, -0.2) is 17.1 Å². The first-order valence-corrected chi connectivity index (χ1v) is 7.13. The molecule has 0 aliphatic heterocycles. The molecule has 0 saturated carbocycles. The van der Waals surface area contributed by atoms with Crippen LogP contribution in [0.25, 0.3) is 0 Å². The SMILES string of the molecule is CC(C)Oc1ccc(CNC(=S)NC(=O)C(C)C)cc1. The first-order valence-electron chi connectivity index (χ1n) is 6.72. The summed E-state index contributed by atoms with van der Waals surface area (Å²) >= 11 is 5.06. The zero-order chi connectivity index (χ0) is 15.1. The van der Waals surface area contributed by atoms with Crippen LogP contribution in [0.15, 0.2) is 24.3 Å². The molecule has 0 atom stereocenters. The average Bonchev–Trinajstić information content (AvgIpc) is 2.37. The van der Waals surface area contributed by atoms with Crippen molar-refractivity contribution in [1.82, 2.24) is 10.6 Å². The zero-order valence-corrected chi connectivity index (χ0v) is 13.2. The lowest BCUT2D eigenvalue weighted by molar-refractivity contribution is -0.122.